The smallest absolute Gasteiger partial charge is 0.420 e. The molecular formula is C21H28ClN3O2S. The van der Waals surface area contributed by atoms with Crippen molar-refractivity contribution in [1.29, 1.82) is 0 Å². The van der Waals surface area contributed by atoms with E-state index in [9.17, 15) is 4.79 Å². The average molecular weight is 422 g/mol. The number of aromatic nitrogens is 1. The molecule has 0 saturated heterocycles. The third-order valence-electron chi connectivity index (χ3n) is 4.58. The van der Waals surface area contributed by atoms with Crippen LogP contribution in [0.4, 0.5) is 16.3 Å². The van der Waals surface area contributed by atoms with Crippen molar-refractivity contribution >= 4 is 41.8 Å². The highest BCUT2D eigenvalue weighted by Gasteiger charge is 2.30. The van der Waals surface area contributed by atoms with Crippen LogP contribution in [0.1, 0.15) is 34.1 Å². The number of pyridine rings is 1. The lowest BCUT2D eigenvalue weighted by Crippen LogP contribution is -2.38. The third-order valence-corrected chi connectivity index (χ3v) is 5.69. The molecule has 2 aromatic rings. The maximum atomic E-state index is 12.9. The van der Waals surface area contributed by atoms with Crippen LogP contribution < -0.4 is 4.90 Å². The first-order chi connectivity index (χ1) is 13.0. The minimum Gasteiger partial charge on any atom is -0.449 e. The number of rotatable bonds is 6. The maximum Gasteiger partial charge on any atom is 0.420 e. The molecule has 0 N–H and O–H groups in total. The molecule has 0 atom stereocenters. The number of hydrogen-bond donors (Lipinski definition) is 0. The van der Waals surface area contributed by atoms with E-state index in [1.165, 1.54) is 0 Å². The van der Waals surface area contributed by atoms with Gasteiger partial charge in [-0.15, -0.1) is 12.4 Å². The lowest BCUT2D eigenvalue weighted by molar-refractivity contribution is 0.131. The van der Waals surface area contributed by atoms with E-state index in [-0.39, 0.29) is 18.5 Å². The molecule has 0 fully saturated rings. The van der Waals surface area contributed by atoms with E-state index in [1.807, 2.05) is 36.4 Å². The molecule has 0 bridgehead atoms. The second-order valence-corrected chi connectivity index (χ2v) is 8.21. The molecule has 0 unspecified atom stereocenters. The summed E-state index contributed by atoms with van der Waals surface area (Å²) in [6.45, 7) is 10.1. The Balaban J connectivity index is 0.00000280. The van der Waals surface area contributed by atoms with Crippen LogP contribution in [-0.4, -0.2) is 41.2 Å². The molecular weight excluding hydrogens is 394 g/mol. The van der Waals surface area contributed by atoms with E-state index < -0.39 is 0 Å². The summed E-state index contributed by atoms with van der Waals surface area (Å²) in [4.78, 5) is 23.3. The molecule has 1 aromatic carbocycles. The van der Waals surface area contributed by atoms with Gasteiger partial charge in [-0.1, -0.05) is 23.9 Å². The Hall–Kier alpha value is -1.76. The molecule has 3 rings (SSSR count). The lowest BCUT2D eigenvalue weighted by Gasteiger charge is -2.31. The molecule has 28 heavy (non-hydrogen) atoms. The number of carbonyl (C=O) groups excluding carboxylic acids is 1. The zero-order valence-corrected chi connectivity index (χ0v) is 18.4. The minimum atomic E-state index is -0.372. The number of nitrogens with zero attached hydrogens (tertiary/aromatic N) is 3. The van der Waals surface area contributed by atoms with Gasteiger partial charge in [-0.25, -0.2) is 14.7 Å². The van der Waals surface area contributed by atoms with Crippen molar-refractivity contribution in [2.75, 3.05) is 18.1 Å². The molecule has 1 aliphatic rings. The van der Waals surface area contributed by atoms with Crippen molar-refractivity contribution in [1.82, 2.24) is 9.88 Å². The lowest BCUT2D eigenvalue weighted by atomic mass is 10.2. The van der Waals surface area contributed by atoms with Crippen molar-refractivity contribution in [3.05, 3.63) is 42.6 Å². The highest BCUT2D eigenvalue weighted by Crippen LogP contribution is 2.46. The van der Waals surface area contributed by atoms with Gasteiger partial charge >= 0.3 is 6.09 Å². The standard InChI is InChI=1S/C21H27N3O2S.ClH/c1-15(2)23(16(3)4)13-8-14-26-21(25)24-17-9-5-6-10-18(17)27-19-11-7-12-22-20(19)24;/h5-7,9-12,15-16H,8,13-14H2,1-4H3;1H. The second kappa shape index (κ2) is 10.1. The number of amides is 1. The number of ether oxygens (including phenoxy) is 1. The van der Waals surface area contributed by atoms with E-state index >= 15 is 0 Å². The van der Waals surface area contributed by atoms with Crippen molar-refractivity contribution in [3.63, 3.8) is 0 Å². The molecule has 0 spiro atoms. The van der Waals surface area contributed by atoms with Crippen LogP contribution in [0.3, 0.4) is 0 Å². The van der Waals surface area contributed by atoms with Crippen LogP contribution in [0.2, 0.25) is 0 Å². The molecule has 1 aliphatic heterocycles. The van der Waals surface area contributed by atoms with Crippen molar-refractivity contribution < 1.29 is 9.53 Å². The second-order valence-electron chi connectivity index (χ2n) is 7.12. The summed E-state index contributed by atoms with van der Waals surface area (Å²) in [5.41, 5.74) is 0.824. The normalized spacial score (nSPS) is 12.6. The predicted octanol–water partition coefficient (Wildman–Crippen LogP) is 5.75. The summed E-state index contributed by atoms with van der Waals surface area (Å²) >= 11 is 1.62. The van der Waals surface area contributed by atoms with E-state index in [0.717, 1.165) is 28.4 Å². The molecule has 0 aliphatic carbocycles. The molecule has 1 amide bonds. The molecule has 1 aromatic heterocycles. The van der Waals surface area contributed by atoms with Gasteiger partial charge in [0.05, 0.1) is 17.2 Å². The zero-order chi connectivity index (χ0) is 19.4. The van der Waals surface area contributed by atoms with Crippen LogP contribution >= 0.6 is 24.2 Å². The number of carbonyl (C=O) groups is 1. The number of anilines is 2. The summed E-state index contributed by atoms with van der Waals surface area (Å²) in [6.07, 6.45) is 2.14. The monoisotopic (exact) mass is 421 g/mol. The van der Waals surface area contributed by atoms with Crippen LogP contribution in [0.25, 0.3) is 0 Å². The molecule has 0 saturated carbocycles. The highest BCUT2D eigenvalue weighted by molar-refractivity contribution is 7.99. The summed E-state index contributed by atoms with van der Waals surface area (Å²) in [6, 6.07) is 12.7. The topological polar surface area (TPSA) is 45.7 Å². The molecule has 5 nitrogen and oxygen atoms in total. The van der Waals surface area contributed by atoms with Gasteiger partial charge in [-0.05, 0) is 58.4 Å². The van der Waals surface area contributed by atoms with Gasteiger partial charge in [0.15, 0.2) is 5.82 Å². The Morgan fingerprint density at radius 2 is 1.79 bits per heavy atom. The first kappa shape index (κ1) is 22.5. The van der Waals surface area contributed by atoms with Gasteiger partial charge < -0.3 is 4.74 Å². The highest BCUT2D eigenvalue weighted by atomic mass is 35.5. The summed E-state index contributed by atoms with van der Waals surface area (Å²) in [5.74, 6) is 0.636. The van der Waals surface area contributed by atoms with Crippen LogP contribution in [0.15, 0.2) is 52.4 Å². The minimum absolute atomic E-state index is 0. The average Bonchev–Trinajstić information content (AvgIpc) is 2.65. The van der Waals surface area contributed by atoms with E-state index in [1.54, 1.807) is 22.9 Å². The third kappa shape index (κ3) is 4.99. The largest absolute Gasteiger partial charge is 0.449 e. The Morgan fingerprint density at radius 3 is 2.50 bits per heavy atom. The Labute approximate surface area is 177 Å². The van der Waals surface area contributed by atoms with Gasteiger partial charge in [0.2, 0.25) is 0 Å². The van der Waals surface area contributed by atoms with Gasteiger partial charge in [0.1, 0.15) is 0 Å². The fourth-order valence-corrected chi connectivity index (χ4v) is 4.39. The fourth-order valence-electron chi connectivity index (χ4n) is 3.36. The maximum absolute atomic E-state index is 12.9. The summed E-state index contributed by atoms with van der Waals surface area (Å²) in [7, 11) is 0. The number of benzene rings is 1. The van der Waals surface area contributed by atoms with E-state index in [2.05, 4.69) is 37.6 Å². The molecule has 7 heteroatoms. The van der Waals surface area contributed by atoms with Crippen LogP contribution in [-0.2, 0) is 4.74 Å². The molecule has 152 valence electrons. The van der Waals surface area contributed by atoms with E-state index in [4.69, 9.17) is 4.74 Å². The Morgan fingerprint density at radius 1 is 1.11 bits per heavy atom. The molecule has 2 heterocycles. The molecule has 0 radical (unpaired) electrons. The van der Waals surface area contributed by atoms with Gasteiger partial charge in [0, 0.05) is 29.7 Å². The number of para-hydroxylation sites is 1. The van der Waals surface area contributed by atoms with Crippen molar-refractivity contribution in [2.24, 2.45) is 0 Å². The summed E-state index contributed by atoms with van der Waals surface area (Å²) < 4.78 is 5.62. The first-order valence-corrected chi connectivity index (χ1v) is 10.2. The van der Waals surface area contributed by atoms with Crippen LogP contribution in [0.5, 0.6) is 0 Å². The first-order valence-electron chi connectivity index (χ1n) is 9.43. The van der Waals surface area contributed by atoms with Crippen LogP contribution in [0, 0.1) is 0 Å². The zero-order valence-electron chi connectivity index (χ0n) is 16.8. The SMILES string of the molecule is CC(C)N(CCCOC(=O)N1c2ccccc2Sc2cccnc21)C(C)C.Cl. The van der Waals surface area contributed by atoms with Crippen molar-refractivity contribution in [3.8, 4) is 0 Å². The fraction of sp³-hybridized carbons (Fsp3) is 0.429. The van der Waals surface area contributed by atoms with Gasteiger partial charge in [0.25, 0.3) is 0 Å². The van der Waals surface area contributed by atoms with E-state index in [0.29, 0.717) is 24.5 Å². The Kier molecular flexibility index (Phi) is 8.16. The number of hydrogen-bond acceptors (Lipinski definition) is 5. The number of fused-ring (bicyclic) bond motifs is 2. The van der Waals surface area contributed by atoms with Gasteiger partial charge in [-0.2, -0.15) is 0 Å². The summed E-state index contributed by atoms with van der Waals surface area (Å²) in [5, 5.41) is 0. The quantitative estimate of drug-likeness (QED) is 0.555. The number of halogens is 1. The van der Waals surface area contributed by atoms with Gasteiger partial charge in [-0.3, -0.25) is 4.90 Å². The Bertz CT molecular complexity index is 747. The van der Waals surface area contributed by atoms with Crippen molar-refractivity contribution in [2.45, 2.75) is 56.0 Å². The predicted molar refractivity (Wildman–Crippen MR) is 117 cm³/mol.